The van der Waals surface area contributed by atoms with Crippen LogP contribution in [0.3, 0.4) is 0 Å². The average Bonchev–Trinajstić information content (AvgIpc) is 2.71. The third kappa shape index (κ3) is 11.0. The average molecular weight is 421 g/mol. The first-order chi connectivity index (χ1) is 14.5. The van der Waals surface area contributed by atoms with E-state index < -0.39 is 5.60 Å². The number of esters is 1. The number of benzene rings is 2. The molecule has 166 valence electrons. The molecule has 2 aromatic rings. The summed E-state index contributed by atoms with van der Waals surface area (Å²) in [4.78, 5) is 10.8. The van der Waals surface area contributed by atoms with Gasteiger partial charge in [0.05, 0.1) is 0 Å². The van der Waals surface area contributed by atoms with Crippen molar-refractivity contribution in [2.24, 2.45) is 0 Å². The molecule has 1 N–H and O–H groups in total. The van der Waals surface area contributed by atoms with Crippen molar-refractivity contribution in [3.05, 3.63) is 89.5 Å². The standard InChI is InChI=1S/C20H22O.C8H14O2/c1-3-16(2)19-12-8-17(9-13-19)6-4-5-7-18-10-14-20(21)15-11-18;1-6(2)7(9)10-8(3,4)5/h4-16,21H,3H2,1-2H3;1H2,2-5H3. The first kappa shape index (κ1) is 26.0. The second kappa shape index (κ2) is 12.6. The summed E-state index contributed by atoms with van der Waals surface area (Å²) in [7, 11) is 0. The molecule has 0 aliphatic carbocycles. The molecule has 3 heteroatoms. The van der Waals surface area contributed by atoms with Gasteiger partial charge in [-0.05, 0) is 68.9 Å². The lowest BCUT2D eigenvalue weighted by molar-refractivity contribution is -0.149. The van der Waals surface area contributed by atoms with Crippen molar-refractivity contribution in [2.45, 2.75) is 59.5 Å². The summed E-state index contributed by atoms with van der Waals surface area (Å²) in [5, 5.41) is 9.22. The fourth-order valence-electron chi connectivity index (χ4n) is 2.46. The highest BCUT2D eigenvalue weighted by Gasteiger charge is 2.15. The summed E-state index contributed by atoms with van der Waals surface area (Å²) in [6.45, 7) is 15.0. The Hall–Kier alpha value is -3.07. The van der Waals surface area contributed by atoms with Gasteiger partial charge in [0.1, 0.15) is 11.4 Å². The Morgan fingerprint density at radius 3 is 1.81 bits per heavy atom. The number of phenolic OH excluding ortho intramolecular Hbond substituents is 1. The number of hydrogen-bond acceptors (Lipinski definition) is 3. The molecule has 0 radical (unpaired) electrons. The van der Waals surface area contributed by atoms with E-state index in [0.717, 1.165) is 5.56 Å². The lowest BCUT2D eigenvalue weighted by Gasteiger charge is -2.19. The van der Waals surface area contributed by atoms with Crippen LogP contribution in [0.1, 0.15) is 70.6 Å². The van der Waals surface area contributed by atoms with E-state index in [-0.39, 0.29) is 5.97 Å². The van der Waals surface area contributed by atoms with Crippen LogP contribution in [0.15, 0.2) is 72.8 Å². The van der Waals surface area contributed by atoms with Gasteiger partial charge in [-0.2, -0.15) is 0 Å². The second-order valence-electron chi connectivity index (χ2n) is 8.57. The van der Waals surface area contributed by atoms with E-state index >= 15 is 0 Å². The van der Waals surface area contributed by atoms with Gasteiger partial charge in [0, 0.05) is 5.57 Å². The normalized spacial score (nSPS) is 12.3. The fraction of sp³-hybridized carbons (Fsp3) is 0.321. The van der Waals surface area contributed by atoms with Crippen LogP contribution < -0.4 is 0 Å². The Kier molecular flexibility index (Phi) is 10.5. The number of aromatic hydroxyl groups is 1. The molecule has 1 unspecified atom stereocenters. The minimum atomic E-state index is -0.407. The number of rotatable bonds is 6. The molecule has 2 rings (SSSR count). The topological polar surface area (TPSA) is 46.5 Å². The Bertz CT molecular complexity index is 879. The summed E-state index contributed by atoms with van der Waals surface area (Å²) in [5.41, 5.74) is 3.71. The van der Waals surface area contributed by atoms with Crippen molar-refractivity contribution in [2.75, 3.05) is 0 Å². The third-order valence-corrected chi connectivity index (χ3v) is 4.45. The lowest BCUT2D eigenvalue weighted by Crippen LogP contribution is -2.23. The van der Waals surface area contributed by atoms with E-state index in [1.165, 1.54) is 17.5 Å². The monoisotopic (exact) mass is 420 g/mol. The zero-order valence-corrected chi connectivity index (χ0v) is 19.7. The Morgan fingerprint density at radius 2 is 1.45 bits per heavy atom. The molecule has 2 aromatic carbocycles. The first-order valence-corrected chi connectivity index (χ1v) is 10.6. The summed E-state index contributed by atoms with van der Waals surface area (Å²) in [5.74, 6) is 0.592. The van der Waals surface area contributed by atoms with Crippen molar-refractivity contribution in [1.82, 2.24) is 0 Å². The summed E-state index contributed by atoms with van der Waals surface area (Å²) in [6, 6.07) is 15.9. The molecule has 1 atom stereocenters. The quantitative estimate of drug-likeness (QED) is 0.298. The Labute approximate surface area is 187 Å². The Morgan fingerprint density at radius 1 is 1.00 bits per heavy atom. The van der Waals surface area contributed by atoms with Gasteiger partial charge in [-0.15, -0.1) is 0 Å². The van der Waals surface area contributed by atoms with Gasteiger partial charge in [0.15, 0.2) is 0 Å². The van der Waals surface area contributed by atoms with Crippen molar-refractivity contribution in [3.8, 4) is 5.75 Å². The molecule has 31 heavy (non-hydrogen) atoms. The van der Waals surface area contributed by atoms with Gasteiger partial charge in [-0.1, -0.05) is 81.1 Å². The number of carbonyl (C=O) groups is 1. The number of phenols is 1. The van der Waals surface area contributed by atoms with E-state index in [1.54, 1.807) is 19.1 Å². The van der Waals surface area contributed by atoms with Crippen molar-refractivity contribution in [1.29, 1.82) is 0 Å². The molecule has 0 bridgehead atoms. The van der Waals surface area contributed by atoms with Crippen LogP contribution in [-0.4, -0.2) is 16.7 Å². The number of hydrogen-bond donors (Lipinski definition) is 1. The largest absolute Gasteiger partial charge is 0.508 e. The molecular formula is C28H36O3. The van der Waals surface area contributed by atoms with E-state index in [2.05, 4.69) is 50.8 Å². The predicted octanol–water partition coefficient (Wildman–Crippen LogP) is 7.54. The van der Waals surface area contributed by atoms with Crippen LogP contribution in [0, 0.1) is 0 Å². The van der Waals surface area contributed by atoms with Crippen LogP contribution in [0.5, 0.6) is 5.75 Å². The second-order valence-corrected chi connectivity index (χ2v) is 8.57. The minimum absolute atomic E-state index is 0.295. The van der Waals surface area contributed by atoms with E-state index in [1.807, 2.05) is 51.1 Å². The molecule has 0 saturated carbocycles. The first-order valence-electron chi connectivity index (χ1n) is 10.6. The summed E-state index contributed by atoms with van der Waals surface area (Å²) >= 11 is 0. The zero-order chi connectivity index (χ0) is 23.4. The highest BCUT2D eigenvalue weighted by Crippen LogP contribution is 2.19. The van der Waals surface area contributed by atoms with Crippen LogP contribution in [0.2, 0.25) is 0 Å². The molecule has 0 aromatic heterocycles. The van der Waals surface area contributed by atoms with Crippen molar-refractivity contribution < 1.29 is 14.6 Å². The van der Waals surface area contributed by atoms with Crippen LogP contribution in [0.25, 0.3) is 12.2 Å². The van der Waals surface area contributed by atoms with E-state index in [0.29, 0.717) is 17.2 Å². The SMILES string of the molecule is C=C(C)C(=O)OC(C)(C)C.CCC(C)c1ccc(C=CC=Cc2ccc(O)cc2)cc1. The molecule has 0 saturated heterocycles. The molecule has 0 fully saturated rings. The Balaban J connectivity index is 0.000000407. The molecule has 0 amide bonds. The highest BCUT2D eigenvalue weighted by atomic mass is 16.6. The fourth-order valence-corrected chi connectivity index (χ4v) is 2.46. The van der Waals surface area contributed by atoms with Crippen molar-refractivity contribution >= 4 is 18.1 Å². The molecule has 0 heterocycles. The van der Waals surface area contributed by atoms with Crippen LogP contribution >= 0.6 is 0 Å². The molecule has 0 aliphatic rings. The molecule has 0 aliphatic heterocycles. The maximum Gasteiger partial charge on any atom is 0.333 e. The van der Waals surface area contributed by atoms with E-state index in [9.17, 15) is 9.90 Å². The third-order valence-electron chi connectivity index (χ3n) is 4.45. The molecular weight excluding hydrogens is 384 g/mol. The van der Waals surface area contributed by atoms with Gasteiger partial charge in [-0.3, -0.25) is 0 Å². The highest BCUT2D eigenvalue weighted by molar-refractivity contribution is 5.87. The smallest absolute Gasteiger partial charge is 0.333 e. The van der Waals surface area contributed by atoms with Crippen LogP contribution in [0.4, 0.5) is 0 Å². The van der Waals surface area contributed by atoms with Gasteiger partial charge in [-0.25, -0.2) is 4.79 Å². The van der Waals surface area contributed by atoms with Gasteiger partial charge in [0.2, 0.25) is 0 Å². The number of ether oxygens (including phenoxy) is 1. The number of allylic oxidation sites excluding steroid dienone is 2. The lowest BCUT2D eigenvalue weighted by atomic mass is 9.97. The summed E-state index contributed by atoms with van der Waals surface area (Å²) < 4.78 is 4.96. The van der Waals surface area contributed by atoms with Crippen molar-refractivity contribution in [3.63, 3.8) is 0 Å². The molecule has 0 spiro atoms. The maximum absolute atomic E-state index is 10.8. The van der Waals surface area contributed by atoms with Gasteiger partial charge in [0.25, 0.3) is 0 Å². The molecule has 3 nitrogen and oxygen atoms in total. The maximum atomic E-state index is 10.8. The zero-order valence-electron chi connectivity index (χ0n) is 19.7. The van der Waals surface area contributed by atoms with Crippen LogP contribution in [-0.2, 0) is 9.53 Å². The minimum Gasteiger partial charge on any atom is -0.508 e. The van der Waals surface area contributed by atoms with Gasteiger partial charge < -0.3 is 9.84 Å². The number of carbonyl (C=O) groups excluding carboxylic acids is 1. The summed E-state index contributed by atoms with van der Waals surface area (Å²) in [6.07, 6.45) is 9.32. The predicted molar refractivity (Wildman–Crippen MR) is 132 cm³/mol. The van der Waals surface area contributed by atoms with E-state index in [4.69, 9.17) is 4.74 Å². The van der Waals surface area contributed by atoms with Gasteiger partial charge >= 0.3 is 5.97 Å².